The van der Waals surface area contributed by atoms with Crippen LogP contribution >= 0.6 is 0 Å². The number of esters is 1. The Kier molecular flexibility index (Phi) is 6.57. The van der Waals surface area contributed by atoms with Gasteiger partial charge in [-0.25, -0.2) is 4.79 Å². The molecule has 156 valence electrons. The molecule has 1 amide bonds. The molecule has 1 aromatic carbocycles. The zero-order valence-corrected chi connectivity index (χ0v) is 17.7. The average molecular weight is 406 g/mol. The van der Waals surface area contributed by atoms with Crippen molar-refractivity contribution < 1.29 is 18.7 Å². The molecule has 3 rings (SSSR count). The van der Waals surface area contributed by atoms with E-state index in [1.165, 1.54) is 6.08 Å². The monoisotopic (exact) mass is 406 g/mol. The smallest absolute Gasteiger partial charge is 0.331 e. The fraction of sp³-hybridized carbons (Fsp3) is 0.250. The van der Waals surface area contributed by atoms with Crippen LogP contribution in [0.15, 0.2) is 53.2 Å². The van der Waals surface area contributed by atoms with E-state index < -0.39 is 5.97 Å². The summed E-state index contributed by atoms with van der Waals surface area (Å²) in [5.74, 6) is -0.0801. The first kappa shape index (κ1) is 21.2. The molecule has 6 nitrogen and oxygen atoms in total. The highest BCUT2D eigenvalue weighted by Gasteiger charge is 2.10. The van der Waals surface area contributed by atoms with Gasteiger partial charge in [-0.2, -0.15) is 0 Å². The summed E-state index contributed by atoms with van der Waals surface area (Å²) in [7, 11) is 0. The molecule has 0 aliphatic rings. The first-order valence-corrected chi connectivity index (χ1v) is 9.74. The van der Waals surface area contributed by atoms with Gasteiger partial charge < -0.3 is 19.0 Å². The number of nitrogens with one attached hydrogen (secondary N) is 1. The van der Waals surface area contributed by atoms with Crippen LogP contribution in [0.1, 0.15) is 33.8 Å². The number of nitrogens with zero attached hydrogens (tertiary/aromatic N) is 1. The van der Waals surface area contributed by atoms with E-state index in [1.54, 1.807) is 12.3 Å². The van der Waals surface area contributed by atoms with Gasteiger partial charge in [-0.1, -0.05) is 17.7 Å². The van der Waals surface area contributed by atoms with E-state index in [1.807, 2.05) is 64.1 Å². The molecule has 0 atom stereocenters. The molecule has 2 aromatic heterocycles. The lowest BCUT2D eigenvalue weighted by molar-refractivity contribution is -0.142. The molecule has 6 heteroatoms. The van der Waals surface area contributed by atoms with E-state index in [2.05, 4.69) is 9.88 Å². The summed E-state index contributed by atoms with van der Waals surface area (Å²) in [4.78, 5) is 24.1. The molecule has 0 saturated heterocycles. The number of aryl methyl sites for hydroxylation is 3. The predicted octanol–water partition coefficient (Wildman–Crippen LogP) is 4.56. The van der Waals surface area contributed by atoms with E-state index >= 15 is 0 Å². The van der Waals surface area contributed by atoms with Gasteiger partial charge in [0.25, 0.3) is 5.91 Å². The molecule has 0 fully saturated rings. The van der Waals surface area contributed by atoms with Crippen molar-refractivity contribution in [3.63, 3.8) is 0 Å². The van der Waals surface area contributed by atoms with Crippen LogP contribution in [0, 0.1) is 27.7 Å². The third-order valence-electron chi connectivity index (χ3n) is 4.91. The minimum absolute atomic E-state index is 0.339. The number of amides is 1. The topological polar surface area (TPSA) is 73.5 Å². The van der Waals surface area contributed by atoms with Gasteiger partial charge >= 0.3 is 5.97 Å². The maximum absolute atomic E-state index is 12.1. The summed E-state index contributed by atoms with van der Waals surface area (Å²) in [6, 6.07) is 11.5. The number of carbonyl (C=O) groups excluding carboxylic acids is 2. The number of rotatable bonds is 7. The Labute approximate surface area is 176 Å². The molecule has 0 spiro atoms. The minimum atomic E-state index is -0.568. The first-order chi connectivity index (χ1) is 14.3. The van der Waals surface area contributed by atoms with Crippen LogP contribution in [0.5, 0.6) is 0 Å². The molecule has 0 unspecified atom stereocenters. The second-order valence-electron chi connectivity index (χ2n) is 7.30. The molecule has 0 bridgehead atoms. The Morgan fingerprint density at radius 2 is 1.93 bits per heavy atom. The van der Waals surface area contributed by atoms with Crippen molar-refractivity contribution in [2.45, 2.75) is 34.2 Å². The van der Waals surface area contributed by atoms with Crippen LogP contribution in [0.25, 0.3) is 6.08 Å². The van der Waals surface area contributed by atoms with Gasteiger partial charge in [-0.15, -0.1) is 0 Å². The molecule has 2 heterocycles. The van der Waals surface area contributed by atoms with Crippen LogP contribution in [-0.2, 0) is 20.9 Å². The van der Waals surface area contributed by atoms with Crippen LogP contribution in [0.4, 0.5) is 5.69 Å². The highest BCUT2D eigenvalue weighted by atomic mass is 16.5. The van der Waals surface area contributed by atoms with Crippen molar-refractivity contribution in [2.24, 2.45) is 0 Å². The lowest BCUT2D eigenvalue weighted by atomic mass is 10.1. The summed E-state index contributed by atoms with van der Waals surface area (Å²) in [6.45, 7) is 8.18. The lowest BCUT2D eigenvalue weighted by Gasteiger charge is -2.09. The number of furan rings is 1. The zero-order valence-electron chi connectivity index (χ0n) is 17.7. The highest BCUT2D eigenvalue weighted by molar-refractivity contribution is 5.95. The third kappa shape index (κ3) is 5.29. The average Bonchev–Trinajstić information content (AvgIpc) is 3.31. The standard InChI is InChI=1S/C24H26N2O4/c1-16-7-9-22(17(2)12-16)25-23(27)15-30-24(28)10-8-20-13-18(3)26(19(20)4)14-21-6-5-11-29-21/h5-13H,14-15H2,1-4H3,(H,25,27). The number of carbonyl (C=O) groups is 2. The van der Waals surface area contributed by atoms with Gasteiger partial charge in [0.05, 0.1) is 12.8 Å². The second kappa shape index (κ2) is 9.31. The lowest BCUT2D eigenvalue weighted by Crippen LogP contribution is -2.20. The van der Waals surface area contributed by atoms with Gasteiger partial charge in [0.2, 0.25) is 0 Å². The SMILES string of the molecule is Cc1ccc(NC(=O)COC(=O)C=Cc2cc(C)n(Cc3ccco3)c2C)c(C)c1. The highest BCUT2D eigenvalue weighted by Crippen LogP contribution is 2.19. The predicted molar refractivity (Wildman–Crippen MR) is 116 cm³/mol. The van der Waals surface area contributed by atoms with Crippen molar-refractivity contribution >= 4 is 23.6 Å². The molecule has 0 aliphatic carbocycles. The number of benzene rings is 1. The molecular weight excluding hydrogens is 380 g/mol. The normalized spacial score (nSPS) is 11.1. The maximum atomic E-state index is 12.1. The fourth-order valence-electron chi connectivity index (χ4n) is 3.28. The van der Waals surface area contributed by atoms with Crippen molar-refractivity contribution in [3.8, 4) is 0 Å². The Bertz CT molecular complexity index is 1080. The fourth-order valence-corrected chi connectivity index (χ4v) is 3.28. The molecule has 30 heavy (non-hydrogen) atoms. The van der Waals surface area contributed by atoms with E-state index in [4.69, 9.17) is 9.15 Å². The number of ether oxygens (including phenoxy) is 1. The summed E-state index contributed by atoms with van der Waals surface area (Å²) in [5, 5.41) is 2.75. The van der Waals surface area contributed by atoms with Crippen LogP contribution < -0.4 is 5.32 Å². The molecule has 1 N–H and O–H groups in total. The van der Waals surface area contributed by atoms with Crippen LogP contribution in [0.3, 0.4) is 0 Å². The second-order valence-corrected chi connectivity index (χ2v) is 7.30. The molecule has 0 saturated carbocycles. The van der Waals surface area contributed by atoms with E-state index in [9.17, 15) is 9.59 Å². The molecule has 0 radical (unpaired) electrons. The Morgan fingerprint density at radius 1 is 1.13 bits per heavy atom. The van der Waals surface area contributed by atoms with Crippen molar-refractivity contribution in [3.05, 3.63) is 82.6 Å². The summed E-state index contributed by atoms with van der Waals surface area (Å²) < 4.78 is 12.6. The van der Waals surface area contributed by atoms with Gasteiger partial charge in [0.1, 0.15) is 5.76 Å². The largest absolute Gasteiger partial charge is 0.467 e. The molecular formula is C24H26N2O4. The maximum Gasteiger partial charge on any atom is 0.331 e. The Hall–Kier alpha value is -3.54. The first-order valence-electron chi connectivity index (χ1n) is 9.74. The van der Waals surface area contributed by atoms with Crippen molar-refractivity contribution in [1.82, 2.24) is 4.57 Å². The Morgan fingerprint density at radius 3 is 2.63 bits per heavy atom. The Balaban J connectivity index is 1.55. The summed E-state index contributed by atoms with van der Waals surface area (Å²) in [6.07, 6.45) is 4.69. The van der Waals surface area contributed by atoms with Gasteiger partial charge in [-0.3, -0.25) is 4.79 Å². The third-order valence-corrected chi connectivity index (χ3v) is 4.91. The zero-order chi connectivity index (χ0) is 21.7. The van der Waals surface area contributed by atoms with Crippen LogP contribution in [-0.4, -0.2) is 23.1 Å². The van der Waals surface area contributed by atoms with Gasteiger partial charge in [0, 0.05) is 23.2 Å². The molecule has 0 aliphatic heterocycles. The number of aromatic nitrogens is 1. The van der Waals surface area contributed by atoms with Crippen LogP contribution in [0.2, 0.25) is 0 Å². The van der Waals surface area contributed by atoms with Gasteiger partial charge in [0.15, 0.2) is 6.61 Å². The molecule has 3 aromatic rings. The quantitative estimate of drug-likeness (QED) is 0.461. The van der Waals surface area contributed by atoms with Crippen molar-refractivity contribution in [2.75, 3.05) is 11.9 Å². The number of hydrogen-bond donors (Lipinski definition) is 1. The summed E-state index contributed by atoms with van der Waals surface area (Å²) >= 11 is 0. The summed E-state index contributed by atoms with van der Waals surface area (Å²) in [5.41, 5.74) is 5.77. The van der Waals surface area contributed by atoms with E-state index in [0.717, 1.165) is 33.8 Å². The number of anilines is 1. The van der Waals surface area contributed by atoms with E-state index in [-0.39, 0.29) is 12.5 Å². The number of hydrogen-bond acceptors (Lipinski definition) is 4. The van der Waals surface area contributed by atoms with E-state index in [0.29, 0.717) is 12.2 Å². The van der Waals surface area contributed by atoms with Crippen molar-refractivity contribution in [1.29, 1.82) is 0 Å². The van der Waals surface area contributed by atoms with Gasteiger partial charge in [-0.05, 0) is 69.2 Å². The minimum Gasteiger partial charge on any atom is -0.467 e.